The van der Waals surface area contributed by atoms with E-state index in [2.05, 4.69) is 19.2 Å². The van der Waals surface area contributed by atoms with E-state index in [1.165, 1.54) is 18.3 Å². The number of allylic oxidation sites excluding steroid dienone is 1. The molecule has 132 valence electrons. The molecule has 0 saturated carbocycles. The fourth-order valence-corrected chi connectivity index (χ4v) is 3.16. The van der Waals surface area contributed by atoms with Crippen molar-refractivity contribution in [1.29, 1.82) is 0 Å². The van der Waals surface area contributed by atoms with Crippen LogP contribution in [0.15, 0.2) is 29.3 Å². The van der Waals surface area contributed by atoms with Crippen molar-refractivity contribution in [2.24, 2.45) is 0 Å². The molecule has 0 fully saturated rings. The average Bonchev–Trinajstić information content (AvgIpc) is 2.61. The topological polar surface area (TPSA) is 56.8 Å². The second kappa shape index (κ2) is 7.71. The van der Waals surface area contributed by atoms with E-state index < -0.39 is 5.54 Å². The lowest BCUT2D eigenvalue weighted by Crippen LogP contribution is -2.53. The molecule has 1 aromatic rings. The predicted molar refractivity (Wildman–Crippen MR) is 93.4 cm³/mol. The largest absolute Gasteiger partial charge is 0.497 e. The number of methoxy groups -OCH3 is 3. The number of carbonyl (C=O) groups is 1. The molecule has 24 heavy (non-hydrogen) atoms. The molecule has 5 nitrogen and oxygen atoms in total. The van der Waals surface area contributed by atoms with Crippen LogP contribution in [0.25, 0.3) is 0 Å². The Bertz CT molecular complexity index is 638. The van der Waals surface area contributed by atoms with Gasteiger partial charge in [0.15, 0.2) is 0 Å². The Labute approximate surface area is 144 Å². The molecule has 0 saturated heterocycles. The maximum Gasteiger partial charge on any atom is 0.326 e. The van der Waals surface area contributed by atoms with Gasteiger partial charge in [0, 0.05) is 18.2 Å². The monoisotopic (exact) mass is 333 g/mol. The van der Waals surface area contributed by atoms with E-state index >= 15 is 0 Å². The van der Waals surface area contributed by atoms with Crippen molar-refractivity contribution in [1.82, 2.24) is 5.32 Å². The molecule has 1 aliphatic rings. The second-order valence-electron chi connectivity index (χ2n) is 6.34. The molecule has 1 aromatic carbocycles. The van der Waals surface area contributed by atoms with Gasteiger partial charge in [-0.05, 0) is 39.2 Å². The van der Waals surface area contributed by atoms with Gasteiger partial charge in [0.2, 0.25) is 0 Å². The maximum absolute atomic E-state index is 12.5. The summed E-state index contributed by atoms with van der Waals surface area (Å²) in [4.78, 5) is 12.5. The summed E-state index contributed by atoms with van der Waals surface area (Å²) in [6.07, 6.45) is 2.30. The summed E-state index contributed by atoms with van der Waals surface area (Å²) < 4.78 is 15.7. The molecule has 0 bridgehead atoms. The fourth-order valence-electron chi connectivity index (χ4n) is 3.16. The zero-order chi connectivity index (χ0) is 17.7. The van der Waals surface area contributed by atoms with Crippen LogP contribution in [0.2, 0.25) is 0 Å². The fraction of sp³-hybridized carbons (Fsp3) is 0.526. The minimum atomic E-state index is -0.677. The maximum atomic E-state index is 12.5. The zero-order valence-corrected chi connectivity index (χ0v) is 15.2. The van der Waals surface area contributed by atoms with Crippen LogP contribution in [0, 0.1) is 0 Å². The van der Waals surface area contributed by atoms with Crippen LogP contribution in [0.5, 0.6) is 11.5 Å². The van der Waals surface area contributed by atoms with Crippen molar-refractivity contribution in [3.8, 4) is 11.5 Å². The Morgan fingerprint density at radius 2 is 1.92 bits per heavy atom. The van der Waals surface area contributed by atoms with E-state index in [1.54, 1.807) is 14.2 Å². The van der Waals surface area contributed by atoms with E-state index in [9.17, 15) is 4.79 Å². The minimum Gasteiger partial charge on any atom is -0.497 e. The van der Waals surface area contributed by atoms with Gasteiger partial charge < -0.3 is 14.2 Å². The molecule has 0 aromatic heterocycles. The smallest absolute Gasteiger partial charge is 0.326 e. The van der Waals surface area contributed by atoms with Gasteiger partial charge in [0.05, 0.1) is 21.3 Å². The van der Waals surface area contributed by atoms with Crippen LogP contribution in [-0.4, -0.2) is 32.8 Å². The van der Waals surface area contributed by atoms with Crippen molar-refractivity contribution in [3.63, 3.8) is 0 Å². The Morgan fingerprint density at radius 3 is 2.50 bits per heavy atom. The quantitative estimate of drug-likeness (QED) is 0.640. The predicted octanol–water partition coefficient (Wildman–Crippen LogP) is 3.23. The van der Waals surface area contributed by atoms with Gasteiger partial charge in [0.1, 0.15) is 17.0 Å². The summed E-state index contributed by atoms with van der Waals surface area (Å²) in [5.74, 6) is 1.27. The SMILES string of the molecule is COC(=O)C1(NCc2ccc(OC)cc2OC)CCC(C)=C(C)C1. The minimum absolute atomic E-state index is 0.207. The molecule has 2 rings (SSSR count). The third-order valence-electron chi connectivity index (χ3n) is 4.91. The number of nitrogens with one attached hydrogen (secondary N) is 1. The first-order chi connectivity index (χ1) is 11.5. The summed E-state index contributed by atoms with van der Waals surface area (Å²) in [6, 6.07) is 5.69. The molecule has 1 unspecified atom stereocenters. The first-order valence-corrected chi connectivity index (χ1v) is 8.15. The number of carbonyl (C=O) groups excluding carboxylic acids is 1. The highest BCUT2D eigenvalue weighted by Crippen LogP contribution is 2.34. The highest BCUT2D eigenvalue weighted by atomic mass is 16.5. The van der Waals surface area contributed by atoms with Gasteiger partial charge in [-0.2, -0.15) is 0 Å². The zero-order valence-electron chi connectivity index (χ0n) is 15.2. The summed E-state index contributed by atoms with van der Waals surface area (Å²) >= 11 is 0. The van der Waals surface area contributed by atoms with Crippen LogP contribution < -0.4 is 14.8 Å². The lowest BCUT2D eigenvalue weighted by atomic mass is 9.78. The van der Waals surface area contributed by atoms with Crippen LogP contribution in [0.1, 0.15) is 38.7 Å². The van der Waals surface area contributed by atoms with Gasteiger partial charge in [-0.15, -0.1) is 0 Å². The van der Waals surface area contributed by atoms with Crippen molar-refractivity contribution >= 4 is 5.97 Å². The van der Waals surface area contributed by atoms with Gasteiger partial charge >= 0.3 is 5.97 Å². The van der Waals surface area contributed by atoms with Crippen LogP contribution in [-0.2, 0) is 16.1 Å². The molecule has 0 radical (unpaired) electrons. The van der Waals surface area contributed by atoms with Gasteiger partial charge in [0.25, 0.3) is 0 Å². The van der Waals surface area contributed by atoms with E-state index in [-0.39, 0.29) is 5.97 Å². The standard InChI is InChI=1S/C19H27NO4/c1-13-8-9-19(11-14(13)2,18(21)24-5)20-12-15-6-7-16(22-3)10-17(15)23-4/h6-7,10,20H,8-9,11-12H2,1-5H3. The third-order valence-corrected chi connectivity index (χ3v) is 4.91. The molecule has 0 aliphatic heterocycles. The molecule has 0 amide bonds. The van der Waals surface area contributed by atoms with Crippen molar-refractivity contribution in [2.75, 3.05) is 21.3 Å². The van der Waals surface area contributed by atoms with Crippen LogP contribution in [0.3, 0.4) is 0 Å². The summed E-state index contributed by atoms with van der Waals surface area (Å²) in [7, 11) is 4.70. The van der Waals surface area contributed by atoms with E-state index in [4.69, 9.17) is 14.2 Å². The Morgan fingerprint density at radius 1 is 1.17 bits per heavy atom. The normalized spacial score (nSPS) is 20.7. The first kappa shape index (κ1) is 18.3. The lowest BCUT2D eigenvalue weighted by Gasteiger charge is -2.36. The Kier molecular flexibility index (Phi) is 5.89. The summed E-state index contributed by atoms with van der Waals surface area (Å²) in [6.45, 7) is 4.74. The highest BCUT2D eigenvalue weighted by Gasteiger charge is 2.41. The van der Waals surface area contributed by atoms with E-state index in [1.807, 2.05) is 18.2 Å². The van der Waals surface area contributed by atoms with Crippen molar-refractivity contribution < 1.29 is 19.0 Å². The van der Waals surface area contributed by atoms with Crippen molar-refractivity contribution in [2.45, 2.75) is 45.2 Å². The highest BCUT2D eigenvalue weighted by molar-refractivity contribution is 5.81. The number of hydrogen-bond acceptors (Lipinski definition) is 5. The van der Waals surface area contributed by atoms with Crippen LogP contribution >= 0.6 is 0 Å². The first-order valence-electron chi connectivity index (χ1n) is 8.15. The van der Waals surface area contributed by atoms with Crippen molar-refractivity contribution in [3.05, 3.63) is 34.9 Å². The third kappa shape index (κ3) is 3.73. The lowest BCUT2D eigenvalue weighted by molar-refractivity contribution is -0.149. The molecule has 1 N–H and O–H groups in total. The number of hydrogen-bond donors (Lipinski definition) is 1. The second-order valence-corrected chi connectivity index (χ2v) is 6.34. The van der Waals surface area contributed by atoms with E-state index in [0.717, 1.165) is 29.9 Å². The number of benzene rings is 1. The number of esters is 1. The van der Waals surface area contributed by atoms with Gasteiger partial charge in [-0.25, -0.2) is 0 Å². The van der Waals surface area contributed by atoms with Crippen LogP contribution in [0.4, 0.5) is 0 Å². The van der Waals surface area contributed by atoms with Gasteiger partial charge in [-0.3, -0.25) is 10.1 Å². The average molecular weight is 333 g/mol. The molecular weight excluding hydrogens is 306 g/mol. The Hall–Kier alpha value is -2.01. The molecule has 0 heterocycles. The van der Waals surface area contributed by atoms with E-state index in [0.29, 0.717) is 13.0 Å². The summed E-state index contributed by atoms with van der Waals surface area (Å²) in [5.41, 5.74) is 2.91. The number of ether oxygens (including phenoxy) is 3. The molecular formula is C19H27NO4. The molecule has 1 aliphatic carbocycles. The molecule has 5 heteroatoms. The van der Waals surface area contributed by atoms with Gasteiger partial charge in [-0.1, -0.05) is 17.2 Å². The Balaban J connectivity index is 2.22. The molecule has 0 spiro atoms. The number of rotatable bonds is 6. The molecule has 1 atom stereocenters. The summed E-state index contributed by atoms with van der Waals surface area (Å²) in [5, 5.41) is 3.44.